The molecule has 1 amide bonds. The van der Waals surface area contributed by atoms with Gasteiger partial charge in [0.05, 0.1) is 5.69 Å². The molecule has 1 aromatic rings. The number of nitrogens with zero attached hydrogens (tertiary/aromatic N) is 2. The molecule has 0 radical (unpaired) electrons. The van der Waals surface area contributed by atoms with Crippen molar-refractivity contribution < 1.29 is 4.79 Å². The lowest BCUT2D eigenvalue weighted by Gasteiger charge is -2.13. The molecule has 1 aliphatic heterocycles. The predicted molar refractivity (Wildman–Crippen MR) is 82.2 cm³/mol. The van der Waals surface area contributed by atoms with Crippen molar-refractivity contribution in [2.24, 2.45) is 5.10 Å². The zero-order valence-electron chi connectivity index (χ0n) is 11.3. The molecule has 1 N–H and O–H groups in total. The second kappa shape index (κ2) is 6.61. The van der Waals surface area contributed by atoms with Crippen LogP contribution in [0.5, 0.6) is 0 Å². The van der Waals surface area contributed by atoms with Gasteiger partial charge in [-0.05, 0) is 37.4 Å². The fraction of sp³-hybridized carbons (Fsp3) is 0.429. The number of carbonyl (C=O) groups excluding carboxylic acids is 1. The molecule has 0 aromatic heterocycles. The van der Waals surface area contributed by atoms with E-state index in [0.29, 0.717) is 12.1 Å². The summed E-state index contributed by atoms with van der Waals surface area (Å²) in [6.07, 6.45) is 3.04. The number of rotatable bonds is 5. The van der Waals surface area contributed by atoms with E-state index in [0.717, 1.165) is 30.1 Å². The first-order chi connectivity index (χ1) is 9.20. The zero-order chi connectivity index (χ0) is 13.7. The van der Waals surface area contributed by atoms with Crippen molar-refractivity contribution in [1.82, 2.24) is 5.32 Å². The van der Waals surface area contributed by atoms with E-state index in [2.05, 4.69) is 10.4 Å². The Morgan fingerprint density at radius 2 is 2.16 bits per heavy atom. The van der Waals surface area contributed by atoms with Crippen LogP contribution in [0.2, 0.25) is 0 Å². The topological polar surface area (TPSA) is 44.7 Å². The second-order valence-corrected chi connectivity index (χ2v) is 5.49. The van der Waals surface area contributed by atoms with Crippen molar-refractivity contribution >= 4 is 29.1 Å². The number of amides is 1. The third-order valence-electron chi connectivity index (χ3n) is 3.00. The fourth-order valence-corrected chi connectivity index (χ4v) is 2.22. The Kier molecular flexibility index (Phi) is 4.85. The van der Waals surface area contributed by atoms with Crippen LogP contribution in [0.1, 0.15) is 23.7 Å². The zero-order valence-corrected chi connectivity index (χ0v) is 12.2. The summed E-state index contributed by atoms with van der Waals surface area (Å²) < 4.78 is 0. The Labute approximate surface area is 118 Å². The van der Waals surface area contributed by atoms with Crippen molar-refractivity contribution in [2.75, 3.05) is 30.1 Å². The minimum absolute atomic E-state index is 0.0123. The maximum Gasteiger partial charge on any atom is 0.251 e. The number of hydrogen-bond donors (Lipinski definition) is 1. The maximum atomic E-state index is 11.8. The molecule has 1 heterocycles. The van der Waals surface area contributed by atoms with Gasteiger partial charge in [-0.15, -0.1) is 0 Å². The van der Waals surface area contributed by atoms with Gasteiger partial charge >= 0.3 is 0 Å². The van der Waals surface area contributed by atoms with E-state index in [-0.39, 0.29) is 5.91 Å². The number of nitrogens with one attached hydrogen (secondary N) is 1. The highest BCUT2D eigenvalue weighted by atomic mass is 32.2. The summed E-state index contributed by atoms with van der Waals surface area (Å²) in [7, 11) is 0. The molecule has 102 valence electrons. The van der Waals surface area contributed by atoms with E-state index < -0.39 is 0 Å². The van der Waals surface area contributed by atoms with Crippen molar-refractivity contribution in [3.05, 3.63) is 29.8 Å². The first kappa shape index (κ1) is 13.9. The van der Waals surface area contributed by atoms with Crippen LogP contribution in [-0.2, 0) is 0 Å². The van der Waals surface area contributed by atoms with Crippen molar-refractivity contribution in [3.63, 3.8) is 0 Å². The highest BCUT2D eigenvalue weighted by molar-refractivity contribution is 7.98. The Morgan fingerprint density at radius 3 is 2.74 bits per heavy atom. The minimum Gasteiger partial charge on any atom is -0.351 e. The molecule has 2 rings (SSSR count). The largest absolute Gasteiger partial charge is 0.351 e. The summed E-state index contributed by atoms with van der Waals surface area (Å²) in [5, 5.41) is 9.31. The second-order valence-electron chi connectivity index (χ2n) is 4.50. The molecule has 5 heteroatoms. The molecule has 1 aromatic carbocycles. The normalized spacial score (nSPS) is 14.4. The van der Waals surface area contributed by atoms with Gasteiger partial charge in [0, 0.05) is 36.5 Å². The summed E-state index contributed by atoms with van der Waals surface area (Å²) in [4.78, 5) is 11.8. The van der Waals surface area contributed by atoms with Crippen LogP contribution in [0.4, 0.5) is 5.69 Å². The van der Waals surface area contributed by atoms with Gasteiger partial charge in [-0.2, -0.15) is 16.9 Å². The van der Waals surface area contributed by atoms with Gasteiger partial charge in [0.15, 0.2) is 0 Å². The number of carbonyl (C=O) groups is 1. The number of hydrogen-bond acceptors (Lipinski definition) is 4. The number of anilines is 1. The third-order valence-corrected chi connectivity index (χ3v) is 3.61. The van der Waals surface area contributed by atoms with E-state index in [1.807, 2.05) is 42.5 Å². The first-order valence-corrected chi connectivity index (χ1v) is 7.79. The molecule has 0 saturated heterocycles. The van der Waals surface area contributed by atoms with Gasteiger partial charge in [0.25, 0.3) is 5.91 Å². The summed E-state index contributed by atoms with van der Waals surface area (Å²) in [5.74, 6) is 0.924. The maximum absolute atomic E-state index is 11.8. The quantitative estimate of drug-likeness (QED) is 0.840. The molecule has 4 nitrogen and oxygen atoms in total. The van der Waals surface area contributed by atoms with Crippen molar-refractivity contribution in [2.45, 2.75) is 13.3 Å². The van der Waals surface area contributed by atoms with E-state index in [4.69, 9.17) is 0 Å². The fourth-order valence-electron chi connectivity index (χ4n) is 1.91. The van der Waals surface area contributed by atoms with E-state index in [9.17, 15) is 4.79 Å². The van der Waals surface area contributed by atoms with Gasteiger partial charge < -0.3 is 5.32 Å². The van der Waals surface area contributed by atoms with Gasteiger partial charge in [-0.3, -0.25) is 9.80 Å². The number of thioether (sulfide) groups is 1. The summed E-state index contributed by atoms with van der Waals surface area (Å²) in [6.45, 7) is 3.66. The van der Waals surface area contributed by atoms with Gasteiger partial charge in [-0.1, -0.05) is 0 Å². The average Bonchev–Trinajstić information content (AvgIpc) is 2.86. The average molecular weight is 277 g/mol. The summed E-state index contributed by atoms with van der Waals surface area (Å²) >= 11 is 1.72. The highest BCUT2D eigenvalue weighted by Crippen LogP contribution is 2.19. The van der Waals surface area contributed by atoms with Gasteiger partial charge in [0.1, 0.15) is 0 Å². The molecule has 1 aliphatic rings. The standard InChI is InChI=1S/C14H19N3OS/c1-11-7-9-17(16-11)13-5-3-12(4-6-13)14(18)15-8-10-19-2/h3-6H,7-10H2,1-2H3,(H,15,18). The predicted octanol–water partition coefficient (Wildman–Crippen LogP) is 2.37. The highest BCUT2D eigenvalue weighted by Gasteiger charge is 2.13. The van der Waals surface area contributed by atoms with Crippen LogP contribution in [0.25, 0.3) is 0 Å². The van der Waals surface area contributed by atoms with E-state index in [1.165, 1.54) is 0 Å². The van der Waals surface area contributed by atoms with Crippen molar-refractivity contribution in [1.29, 1.82) is 0 Å². The molecular weight excluding hydrogens is 258 g/mol. The number of benzene rings is 1. The smallest absolute Gasteiger partial charge is 0.251 e. The molecule has 0 aliphatic carbocycles. The Bertz CT molecular complexity index is 470. The molecule has 0 bridgehead atoms. The molecule has 0 saturated carbocycles. The van der Waals surface area contributed by atoms with Crippen LogP contribution >= 0.6 is 11.8 Å². The SMILES string of the molecule is CSCCNC(=O)c1ccc(N2CCC(C)=N2)cc1. The molecule has 0 unspecified atom stereocenters. The Morgan fingerprint density at radius 1 is 1.42 bits per heavy atom. The lowest BCUT2D eigenvalue weighted by Crippen LogP contribution is -2.25. The van der Waals surface area contributed by atoms with Crippen LogP contribution < -0.4 is 10.3 Å². The number of hydrazone groups is 1. The third kappa shape index (κ3) is 3.73. The Hall–Kier alpha value is -1.49. The van der Waals surface area contributed by atoms with Crippen LogP contribution in [0, 0.1) is 0 Å². The van der Waals surface area contributed by atoms with Gasteiger partial charge in [-0.25, -0.2) is 0 Å². The molecule has 0 fully saturated rings. The minimum atomic E-state index is -0.0123. The van der Waals surface area contributed by atoms with Gasteiger partial charge in [0.2, 0.25) is 0 Å². The van der Waals surface area contributed by atoms with Crippen LogP contribution in [0.15, 0.2) is 29.4 Å². The monoisotopic (exact) mass is 277 g/mol. The lowest BCUT2D eigenvalue weighted by atomic mass is 10.2. The molecular formula is C14H19N3OS. The van der Waals surface area contributed by atoms with Crippen molar-refractivity contribution in [3.8, 4) is 0 Å². The molecule has 0 atom stereocenters. The lowest BCUT2D eigenvalue weighted by molar-refractivity contribution is 0.0956. The Balaban J connectivity index is 1.96. The summed E-state index contributed by atoms with van der Waals surface area (Å²) in [6, 6.07) is 7.61. The summed E-state index contributed by atoms with van der Waals surface area (Å²) in [5.41, 5.74) is 2.89. The van der Waals surface area contributed by atoms with Crippen LogP contribution in [0.3, 0.4) is 0 Å². The van der Waals surface area contributed by atoms with Crippen LogP contribution in [-0.4, -0.2) is 36.7 Å². The van der Waals surface area contributed by atoms with E-state index >= 15 is 0 Å². The first-order valence-electron chi connectivity index (χ1n) is 6.39. The van der Waals surface area contributed by atoms with E-state index in [1.54, 1.807) is 11.8 Å². The molecule has 0 spiro atoms. The molecule has 19 heavy (non-hydrogen) atoms.